The number of hydrogen-bond acceptors (Lipinski definition) is 2. The second-order valence-corrected chi connectivity index (χ2v) is 6.35. The number of carbonyl (C=O) groups excluding carboxylic acids is 1. The predicted molar refractivity (Wildman–Crippen MR) is 101 cm³/mol. The van der Waals surface area contributed by atoms with E-state index in [0.29, 0.717) is 22.8 Å². The minimum absolute atomic E-state index is 0.193. The molecule has 0 radical (unpaired) electrons. The van der Waals surface area contributed by atoms with Gasteiger partial charge in [-0.25, -0.2) is 0 Å². The molecule has 0 aliphatic rings. The number of benzene rings is 2. The number of amides is 1. The molecule has 5 heteroatoms. The Labute approximate surface area is 152 Å². The van der Waals surface area contributed by atoms with E-state index in [4.69, 9.17) is 11.6 Å². The van der Waals surface area contributed by atoms with E-state index in [-0.39, 0.29) is 5.91 Å². The Hall–Kier alpha value is -2.59. The first-order chi connectivity index (χ1) is 12.1. The van der Waals surface area contributed by atoms with Crippen molar-refractivity contribution in [3.63, 3.8) is 0 Å². The Balaban J connectivity index is 1.83. The maximum absolute atomic E-state index is 12.7. The van der Waals surface area contributed by atoms with E-state index in [2.05, 4.69) is 10.4 Å². The molecule has 0 saturated heterocycles. The Morgan fingerprint density at radius 2 is 1.96 bits per heavy atom. The monoisotopic (exact) mass is 353 g/mol. The number of nitrogens with zero attached hydrogens (tertiary/aromatic N) is 2. The van der Waals surface area contributed by atoms with E-state index in [1.165, 1.54) is 0 Å². The predicted octanol–water partition coefficient (Wildman–Crippen LogP) is 4.71. The van der Waals surface area contributed by atoms with Gasteiger partial charge in [0.1, 0.15) is 0 Å². The van der Waals surface area contributed by atoms with Crippen LogP contribution < -0.4 is 5.32 Å². The second-order valence-electron chi connectivity index (χ2n) is 5.94. The van der Waals surface area contributed by atoms with Gasteiger partial charge in [-0.15, -0.1) is 0 Å². The fraction of sp³-hybridized carbons (Fsp3) is 0.200. The van der Waals surface area contributed by atoms with Gasteiger partial charge in [-0.1, -0.05) is 54.9 Å². The molecule has 1 N–H and O–H groups in total. The minimum atomic E-state index is -0.193. The quantitative estimate of drug-likeness (QED) is 0.722. The van der Waals surface area contributed by atoms with Crippen LogP contribution in [0.2, 0.25) is 5.02 Å². The van der Waals surface area contributed by atoms with E-state index in [9.17, 15) is 4.79 Å². The molecule has 4 nitrogen and oxygen atoms in total. The zero-order valence-corrected chi connectivity index (χ0v) is 15.0. The van der Waals surface area contributed by atoms with E-state index in [0.717, 1.165) is 23.2 Å². The molecule has 1 heterocycles. The molecule has 1 aromatic heterocycles. The number of rotatable bonds is 5. The third-order valence-corrected chi connectivity index (χ3v) is 4.39. The molecule has 0 fully saturated rings. The molecule has 0 atom stereocenters. The zero-order valence-electron chi connectivity index (χ0n) is 14.3. The van der Waals surface area contributed by atoms with Gasteiger partial charge in [0.2, 0.25) is 0 Å². The Bertz CT molecular complexity index is 887. The highest BCUT2D eigenvalue weighted by molar-refractivity contribution is 6.34. The van der Waals surface area contributed by atoms with E-state index in [1.54, 1.807) is 6.20 Å². The van der Waals surface area contributed by atoms with Crippen LogP contribution in [0.1, 0.15) is 34.1 Å². The van der Waals surface area contributed by atoms with Gasteiger partial charge in [0, 0.05) is 0 Å². The average molecular weight is 354 g/mol. The number of halogens is 1. The third kappa shape index (κ3) is 3.91. The molecule has 0 saturated carbocycles. The van der Waals surface area contributed by atoms with Gasteiger partial charge in [0.05, 0.1) is 34.7 Å². The zero-order chi connectivity index (χ0) is 17.8. The minimum Gasteiger partial charge on any atom is -0.321 e. The SMILES string of the molecule is CCc1c(C(=O)Nc2ccc(C)cc2Cl)cnn1Cc1ccccc1. The summed E-state index contributed by atoms with van der Waals surface area (Å²) in [4.78, 5) is 12.7. The average Bonchev–Trinajstić information content (AvgIpc) is 3.01. The molecule has 2 aromatic carbocycles. The largest absolute Gasteiger partial charge is 0.321 e. The van der Waals surface area contributed by atoms with Crippen LogP contribution in [0.25, 0.3) is 0 Å². The van der Waals surface area contributed by atoms with E-state index in [1.807, 2.05) is 67.1 Å². The molecule has 3 rings (SSSR count). The lowest BCUT2D eigenvalue weighted by atomic mass is 10.1. The van der Waals surface area contributed by atoms with Crippen molar-refractivity contribution in [3.05, 3.63) is 82.1 Å². The lowest BCUT2D eigenvalue weighted by Gasteiger charge is -2.10. The molecular weight excluding hydrogens is 334 g/mol. The van der Waals surface area contributed by atoms with E-state index >= 15 is 0 Å². The topological polar surface area (TPSA) is 46.9 Å². The smallest absolute Gasteiger partial charge is 0.259 e. The summed E-state index contributed by atoms with van der Waals surface area (Å²) in [5.74, 6) is -0.193. The summed E-state index contributed by atoms with van der Waals surface area (Å²) in [7, 11) is 0. The number of carbonyl (C=O) groups is 1. The van der Waals surface area contributed by atoms with Crippen LogP contribution in [0.15, 0.2) is 54.7 Å². The Kier molecular flexibility index (Phi) is 5.19. The number of nitrogens with one attached hydrogen (secondary N) is 1. The van der Waals surface area contributed by atoms with Crippen LogP contribution in [0, 0.1) is 6.92 Å². The fourth-order valence-corrected chi connectivity index (χ4v) is 3.06. The van der Waals surface area contributed by atoms with Gasteiger partial charge in [-0.3, -0.25) is 9.48 Å². The van der Waals surface area contributed by atoms with Crippen molar-refractivity contribution >= 4 is 23.2 Å². The van der Waals surface area contributed by atoms with Gasteiger partial charge < -0.3 is 5.32 Å². The third-order valence-electron chi connectivity index (χ3n) is 4.08. The second kappa shape index (κ2) is 7.53. The summed E-state index contributed by atoms with van der Waals surface area (Å²) in [6, 6.07) is 15.6. The van der Waals surface area contributed by atoms with Crippen LogP contribution in [0.3, 0.4) is 0 Å². The highest BCUT2D eigenvalue weighted by Gasteiger charge is 2.17. The highest BCUT2D eigenvalue weighted by Crippen LogP contribution is 2.24. The molecule has 0 aliphatic carbocycles. The summed E-state index contributed by atoms with van der Waals surface area (Å²) in [5, 5.41) is 7.82. The van der Waals surface area contributed by atoms with Gasteiger partial charge in [0.25, 0.3) is 5.91 Å². The van der Waals surface area contributed by atoms with Crippen molar-refractivity contribution in [2.45, 2.75) is 26.8 Å². The number of anilines is 1. The van der Waals surface area contributed by atoms with Crippen LogP contribution in [0.5, 0.6) is 0 Å². The van der Waals surface area contributed by atoms with Gasteiger partial charge in [0.15, 0.2) is 0 Å². The van der Waals surface area contributed by atoms with E-state index < -0.39 is 0 Å². The van der Waals surface area contributed by atoms with Crippen LogP contribution in [-0.4, -0.2) is 15.7 Å². The molecule has 25 heavy (non-hydrogen) atoms. The van der Waals surface area contributed by atoms with Crippen LogP contribution >= 0.6 is 11.6 Å². The van der Waals surface area contributed by atoms with Crippen molar-refractivity contribution in [2.75, 3.05) is 5.32 Å². The number of aryl methyl sites for hydroxylation is 1. The fourth-order valence-electron chi connectivity index (χ4n) is 2.78. The van der Waals surface area contributed by atoms with Crippen molar-refractivity contribution < 1.29 is 4.79 Å². The van der Waals surface area contributed by atoms with Crippen molar-refractivity contribution in [2.24, 2.45) is 0 Å². The summed E-state index contributed by atoms with van der Waals surface area (Å²) >= 11 is 6.21. The molecule has 0 aliphatic heterocycles. The van der Waals surface area contributed by atoms with Crippen molar-refractivity contribution in [1.29, 1.82) is 0 Å². The van der Waals surface area contributed by atoms with Crippen LogP contribution in [-0.2, 0) is 13.0 Å². The molecule has 1 amide bonds. The van der Waals surface area contributed by atoms with Gasteiger partial charge in [-0.2, -0.15) is 5.10 Å². The molecule has 128 valence electrons. The molecular formula is C20H20ClN3O. The standard InChI is InChI=1S/C20H20ClN3O/c1-3-19-16(12-22-24(19)13-15-7-5-4-6-8-15)20(25)23-18-10-9-14(2)11-17(18)21/h4-12H,3,13H2,1-2H3,(H,23,25). The van der Waals surface area contributed by atoms with Crippen LogP contribution in [0.4, 0.5) is 5.69 Å². The normalized spacial score (nSPS) is 10.7. The molecule has 3 aromatic rings. The molecule has 0 unspecified atom stereocenters. The summed E-state index contributed by atoms with van der Waals surface area (Å²) in [6.45, 7) is 4.62. The maximum atomic E-state index is 12.7. The summed E-state index contributed by atoms with van der Waals surface area (Å²) in [5.41, 5.74) is 4.29. The lowest BCUT2D eigenvalue weighted by Crippen LogP contribution is -2.15. The van der Waals surface area contributed by atoms with Gasteiger partial charge in [-0.05, 0) is 36.6 Å². The number of aromatic nitrogens is 2. The molecule has 0 spiro atoms. The highest BCUT2D eigenvalue weighted by atomic mass is 35.5. The number of hydrogen-bond donors (Lipinski definition) is 1. The summed E-state index contributed by atoms with van der Waals surface area (Å²) in [6.07, 6.45) is 2.34. The van der Waals surface area contributed by atoms with Gasteiger partial charge >= 0.3 is 0 Å². The first kappa shape index (κ1) is 17.2. The summed E-state index contributed by atoms with van der Waals surface area (Å²) < 4.78 is 1.88. The lowest BCUT2D eigenvalue weighted by molar-refractivity contribution is 0.102. The van der Waals surface area contributed by atoms with Crippen molar-refractivity contribution in [3.8, 4) is 0 Å². The first-order valence-corrected chi connectivity index (χ1v) is 8.62. The maximum Gasteiger partial charge on any atom is 0.259 e. The van der Waals surface area contributed by atoms with Crippen molar-refractivity contribution in [1.82, 2.24) is 9.78 Å². The first-order valence-electron chi connectivity index (χ1n) is 8.24. The Morgan fingerprint density at radius 3 is 2.64 bits per heavy atom. The Morgan fingerprint density at radius 1 is 1.20 bits per heavy atom. The molecule has 0 bridgehead atoms.